The van der Waals surface area contributed by atoms with Crippen molar-refractivity contribution in [2.45, 2.75) is 6.54 Å². The fourth-order valence-corrected chi connectivity index (χ4v) is 1.79. The molecule has 4 nitrogen and oxygen atoms in total. The van der Waals surface area contributed by atoms with Gasteiger partial charge in [0.15, 0.2) is 5.65 Å². The van der Waals surface area contributed by atoms with Crippen molar-refractivity contribution < 1.29 is 0 Å². The van der Waals surface area contributed by atoms with Crippen LogP contribution in [0.2, 0.25) is 0 Å². The number of fused-ring (bicyclic) bond motifs is 1. The molecule has 0 fully saturated rings. The van der Waals surface area contributed by atoms with Crippen LogP contribution < -0.4 is 5.73 Å². The van der Waals surface area contributed by atoms with Gasteiger partial charge in [0.1, 0.15) is 0 Å². The molecule has 0 bridgehead atoms. The lowest BCUT2D eigenvalue weighted by atomic mass is 10.3. The second-order valence-corrected chi connectivity index (χ2v) is 3.71. The number of benzene rings is 1. The van der Waals surface area contributed by atoms with Crippen LogP contribution in [0, 0.1) is 0 Å². The Bertz CT molecular complexity index is 575. The van der Waals surface area contributed by atoms with E-state index in [0.29, 0.717) is 6.54 Å². The average Bonchev–Trinajstić information content (AvgIpc) is 2.87. The van der Waals surface area contributed by atoms with Gasteiger partial charge in [-0.25, -0.2) is 4.68 Å². The Morgan fingerprint density at radius 2 is 2.06 bits per heavy atom. The predicted molar refractivity (Wildman–Crippen MR) is 63.3 cm³/mol. The number of H-pyrrole nitrogens is 1. The number of hydrogen-bond donors (Lipinski definition) is 2. The second kappa shape index (κ2) is 3.50. The second-order valence-electron chi connectivity index (χ2n) is 3.71. The molecule has 80 valence electrons. The normalized spacial score (nSPS) is 11.1. The molecule has 0 saturated carbocycles. The molecular weight excluding hydrogens is 200 g/mol. The summed E-state index contributed by atoms with van der Waals surface area (Å²) >= 11 is 0. The minimum Gasteiger partial charge on any atom is -0.341 e. The summed E-state index contributed by atoms with van der Waals surface area (Å²) in [6.07, 6.45) is 2.00. The first kappa shape index (κ1) is 9.18. The van der Waals surface area contributed by atoms with Crippen LogP contribution in [0.25, 0.3) is 16.7 Å². The topological polar surface area (TPSA) is 59.6 Å². The minimum atomic E-state index is 0.516. The van der Waals surface area contributed by atoms with Crippen molar-refractivity contribution in [3.8, 4) is 5.69 Å². The SMILES string of the molecule is NCc1cc2cn(-c3ccccc3)nc2[nH]1. The number of hydrogen-bond acceptors (Lipinski definition) is 2. The van der Waals surface area contributed by atoms with E-state index in [4.69, 9.17) is 5.73 Å². The number of aromatic amines is 1. The first-order valence-corrected chi connectivity index (χ1v) is 5.19. The van der Waals surface area contributed by atoms with Gasteiger partial charge in [0.25, 0.3) is 0 Å². The van der Waals surface area contributed by atoms with E-state index >= 15 is 0 Å². The molecule has 0 radical (unpaired) electrons. The molecule has 0 aliphatic rings. The monoisotopic (exact) mass is 212 g/mol. The van der Waals surface area contributed by atoms with Gasteiger partial charge in [0.2, 0.25) is 0 Å². The molecule has 16 heavy (non-hydrogen) atoms. The van der Waals surface area contributed by atoms with Gasteiger partial charge >= 0.3 is 0 Å². The quantitative estimate of drug-likeness (QED) is 0.680. The van der Waals surface area contributed by atoms with Gasteiger partial charge in [-0.15, -0.1) is 5.10 Å². The summed E-state index contributed by atoms with van der Waals surface area (Å²) in [5, 5.41) is 5.54. The van der Waals surface area contributed by atoms with E-state index in [1.165, 1.54) is 0 Å². The maximum atomic E-state index is 5.56. The Morgan fingerprint density at radius 1 is 1.25 bits per heavy atom. The largest absolute Gasteiger partial charge is 0.341 e. The highest BCUT2D eigenvalue weighted by Crippen LogP contribution is 2.16. The molecule has 0 aliphatic carbocycles. The summed E-state index contributed by atoms with van der Waals surface area (Å²) in [4.78, 5) is 3.18. The van der Waals surface area contributed by atoms with E-state index in [-0.39, 0.29) is 0 Å². The van der Waals surface area contributed by atoms with Crippen molar-refractivity contribution in [2.75, 3.05) is 0 Å². The van der Waals surface area contributed by atoms with Gasteiger partial charge in [-0.3, -0.25) is 0 Å². The summed E-state index contributed by atoms with van der Waals surface area (Å²) < 4.78 is 1.86. The van der Waals surface area contributed by atoms with Crippen molar-refractivity contribution in [1.29, 1.82) is 0 Å². The van der Waals surface area contributed by atoms with E-state index < -0.39 is 0 Å². The zero-order valence-electron chi connectivity index (χ0n) is 8.72. The van der Waals surface area contributed by atoms with Crippen molar-refractivity contribution >= 4 is 11.0 Å². The van der Waals surface area contributed by atoms with Crippen LogP contribution in [0.4, 0.5) is 0 Å². The zero-order chi connectivity index (χ0) is 11.0. The van der Waals surface area contributed by atoms with E-state index in [9.17, 15) is 0 Å². The molecule has 0 saturated heterocycles. The number of nitrogens with one attached hydrogen (secondary N) is 1. The molecule has 0 amide bonds. The molecule has 3 N–H and O–H groups in total. The fraction of sp³-hybridized carbons (Fsp3) is 0.0833. The van der Waals surface area contributed by atoms with E-state index in [1.54, 1.807) is 0 Å². The van der Waals surface area contributed by atoms with E-state index in [0.717, 1.165) is 22.4 Å². The highest BCUT2D eigenvalue weighted by molar-refractivity contribution is 5.76. The maximum Gasteiger partial charge on any atom is 0.160 e. The number of aromatic nitrogens is 3. The van der Waals surface area contributed by atoms with Crippen LogP contribution in [0.1, 0.15) is 5.69 Å². The summed E-state index contributed by atoms with van der Waals surface area (Å²) in [5.74, 6) is 0. The number of rotatable bonds is 2. The lowest BCUT2D eigenvalue weighted by Gasteiger charge is -1.98. The smallest absolute Gasteiger partial charge is 0.160 e. The van der Waals surface area contributed by atoms with Crippen LogP contribution in [0.15, 0.2) is 42.6 Å². The Kier molecular flexibility index (Phi) is 2.01. The van der Waals surface area contributed by atoms with Gasteiger partial charge in [0.05, 0.1) is 5.69 Å². The molecule has 3 aromatic rings. The van der Waals surface area contributed by atoms with Gasteiger partial charge in [0, 0.05) is 23.8 Å². The standard InChI is InChI=1S/C12H12N4/c13-7-10-6-9-8-16(15-12(9)14-10)11-4-2-1-3-5-11/h1-6,8H,7,13H2,(H,14,15). The molecule has 1 aromatic carbocycles. The molecule has 3 rings (SSSR count). The zero-order valence-corrected chi connectivity index (χ0v) is 8.72. The summed E-state index contributed by atoms with van der Waals surface area (Å²) in [7, 11) is 0. The summed E-state index contributed by atoms with van der Waals surface area (Å²) in [6, 6.07) is 12.1. The first-order valence-electron chi connectivity index (χ1n) is 5.19. The highest BCUT2D eigenvalue weighted by atomic mass is 15.3. The van der Waals surface area contributed by atoms with Gasteiger partial charge < -0.3 is 10.7 Å². The maximum absolute atomic E-state index is 5.56. The lowest BCUT2D eigenvalue weighted by Crippen LogP contribution is -1.97. The van der Waals surface area contributed by atoms with Crippen LogP contribution in [-0.2, 0) is 6.54 Å². The molecule has 0 unspecified atom stereocenters. The first-order chi connectivity index (χ1) is 7.86. The van der Waals surface area contributed by atoms with Crippen molar-refractivity contribution in [3.63, 3.8) is 0 Å². The molecular formula is C12H12N4. The van der Waals surface area contributed by atoms with Crippen molar-refractivity contribution in [1.82, 2.24) is 14.8 Å². The summed E-state index contributed by atoms with van der Waals surface area (Å²) in [5.41, 5.74) is 8.50. The van der Waals surface area contributed by atoms with Crippen LogP contribution in [0.3, 0.4) is 0 Å². The fourth-order valence-electron chi connectivity index (χ4n) is 1.79. The Labute approximate surface area is 92.7 Å². The van der Waals surface area contributed by atoms with Gasteiger partial charge in [-0.2, -0.15) is 0 Å². The van der Waals surface area contributed by atoms with Crippen LogP contribution in [-0.4, -0.2) is 14.8 Å². The number of nitrogens with zero attached hydrogens (tertiary/aromatic N) is 2. The third-order valence-corrected chi connectivity index (χ3v) is 2.59. The van der Waals surface area contributed by atoms with Crippen LogP contribution >= 0.6 is 0 Å². The van der Waals surface area contributed by atoms with E-state index in [2.05, 4.69) is 10.1 Å². The summed E-state index contributed by atoms with van der Waals surface area (Å²) in [6.45, 7) is 0.516. The van der Waals surface area contributed by atoms with Crippen LogP contribution in [0.5, 0.6) is 0 Å². The van der Waals surface area contributed by atoms with Crippen molar-refractivity contribution in [3.05, 3.63) is 48.3 Å². The Morgan fingerprint density at radius 3 is 2.75 bits per heavy atom. The van der Waals surface area contributed by atoms with E-state index in [1.807, 2.05) is 47.3 Å². The van der Waals surface area contributed by atoms with Gasteiger partial charge in [-0.05, 0) is 18.2 Å². The molecule has 4 heteroatoms. The molecule has 2 aromatic heterocycles. The average molecular weight is 212 g/mol. The Hall–Kier alpha value is -2.07. The number of para-hydroxylation sites is 1. The highest BCUT2D eigenvalue weighted by Gasteiger charge is 2.05. The third-order valence-electron chi connectivity index (χ3n) is 2.59. The predicted octanol–water partition coefficient (Wildman–Crippen LogP) is 1.81. The molecule has 0 spiro atoms. The lowest BCUT2D eigenvalue weighted by molar-refractivity contribution is 0.883. The minimum absolute atomic E-state index is 0.516. The molecule has 0 aliphatic heterocycles. The molecule has 2 heterocycles. The van der Waals surface area contributed by atoms with Gasteiger partial charge in [-0.1, -0.05) is 18.2 Å². The van der Waals surface area contributed by atoms with Crippen molar-refractivity contribution in [2.24, 2.45) is 5.73 Å². The number of nitrogens with two attached hydrogens (primary N) is 1. The third kappa shape index (κ3) is 1.40. The molecule has 0 atom stereocenters. The Balaban J connectivity index is 2.10.